The van der Waals surface area contributed by atoms with Crippen LogP contribution in [0.3, 0.4) is 0 Å². The Hall–Kier alpha value is -1.42. The summed E-state index contributed by atoms with van der Waals surface area (Å²) < 4.78 is 11.3. The standard InChI is InChI=1S/C16H24ClNO3/c1-3-10-20-14-8-7-13(12-15(14)21-11-4-2)18-16(19)6-5-9-17/h7-8,12H,3-6,9-11H2,1-2H3,(H,18,19). The molecule has 0 radical (unpaired) electrons. The molecule has 0 atom stereocenters. The number of hydrogen-bond acceptors (Lipinski definition) is 3. The van der Waals surface area contributed by atoms with Crippen LogP contribution in [0.1, 0.15) is 39.5 Å². The number of anilines is 1. The van der Waals surface area contributed by atoms with Gasteiger partial charge in [-0.3, -0.25) is 4.79 Å². The van der Waals surface area contributed by atoms with Gasteiger partial charge in [-0.2, -0.15) is 0 Å². The number of halogens is 1. The fourth-order valence-corrected chi connectivity index (χ4v) is 1.83. The van der Waals surface area contributed by atoms with Crippen molar-refractivity contribution in [2.45, 2.75) is 39.5 Å². The van der Waals surface area contributed by atoms with Gasteiger partial charge in [0.1, 0.15) is 0 Å². The Labute approximate surface area is 131 Å². The lowest BCUT2D eigenvalue weighted by atomic mass is 10.2. The Morgan fingerprint density at radius 2 is 1.81 bits per heavy atom. The molecule has 1 amide bonds. The summed E-state index contributed by atoms with van der Waals surface area (Å²) in [4.78, 5) is 11.7. The van der Waals surface area contributed by atoms with E-state index in [0.29, 0.717) is 49.1 Å². The smallest absolute Gasteiger partial charge is 0.224 e. The molecule has 21 heavy (non-hydrogen) atoms. The van der Waals surface area contributed by atoms with E-state index in [4.69, 9.17) is 21.1 Å². The highest BCUT2D eigenvalue weighted by Crippen LogP contribution is 2.31. The maximum absolute atomic E-state index is 11.7. The van der Waals surface area contributed by atoms with Crippen LogP contribution in [0.15, 0.2) is 18.2 Å². The van der Waals surface area contributed by atoms with E-state index in [1.807, 2.05) is 19.1 Å². The average molecular weight is 314 g/mol. The number of amides is 1. The second kappa shape index (κ2) is 10.3. The van der Waals surface area contributed by atoms with Crippen molar-refractivity contribution >= 4 is 23.2 Å². The molecule has 0 saturated carbocycles. The third-order valence-electron chi connectivity index (χ3n) is 2.69. The van der Waals surface area contributed by atoms with Crippen LogP contribution in [0, 0.1) is 0 Å². The molecule has 0 aromatic heterocycles. The van der Waals surface area contributed by atoms with Gasteiger partial charge in [0.05, 0.1) is 13.2 Å². The van der Waals surface area contributed by atoms with Crippen molar-refractivity contribution in [1.29, 1.82) is 0 Å². The van der Waals surface area contributed by atoms with Crippen LogP contribution < -0.4 is 14.8 Å². The lowest BCUT2D eigenvalue weighted by molar-refractivity contribution is -0.116. The number of alkyl halides is 1. The molecule has 118 valence electrons. The summed E-state index contributed by atoms with van der Waals surface area (Å²) in [6.07, 6.45) is 2.94. The summed E-state index contributed by atoms with van der Waals surface area (Å²) in [5.41, 5.74) is 0.713. The molecule has 0 bridgehead atoms. The van der Waals surface area contributed by atoms with Crippen LogP contribution in [-0.2, 0) is 4.79 Å². The number of ether oxygens (including phenoxy) is 2. The normalized spacial score (nSPS) is 10.2. The first-order chi connectivity index (χ1) is 10.2. The molecule has 0 aliphatic rings. The van der Waals surface area contributed by atoms with Crippen molar-refractivity contribution in [2.75, 3.05) is 24.4 Å². The summed E-state index contributed by atoms with van der Waals surface area (Å²) in [7, 11) is 0. The van der Waals surface area contributed by atoms with Gasteiger partial charge in [-0.05, 0) is 31.4 Å². The topological polar surface area (TPSA) is 47.6 Å². The van der Waals surface area contributed by atoms with Crippen molar-refractivity contribution in [1.82, 2.24) is 0 Å². The van der Waals surface area contributed by atoms with Crippen LogP contribution in [0.5, 0.6) is 11.5 Å². The zero-order valence-electron chi connectivity index (χ0n) is 12.8. The van der Waals surface area contributed by atoms with Gasteiger partial charge in [-0.1, -0.05) is 13.8 Å². The highest BCUT2D eigenvalue weighted by Gasteiger charge is 2.09. The molecule has 0 heterocycles. The predicted molar refractivity (Wildman–Crippen MR) is 86.6 cm³/mol. The SMILES string of the molecule is CCCOc1ccc(NC(=O)CCCCl)cc1OCCC. The maximum atomic E-state index is 11.7. The van der Waals surface area contributed by atoms with Gasteiger partial charge in [0, 0.05) is 24.1 Å². The van der Waals surface area contributed by atoms with Crippen LogP contribution >= 0.6 is 11.6 Å². The van der Waals surface area contributed by atoms with Crippen molar-refractivity contribution < 1.29 is 14.3 Å². The number of carbonyl (C=O) groups excluding carboxylic acids is 1. The van der Waals surface area contributed by atoms with E-state index in [1.165, 1.54) is 0 Å². The molecule has 0 saturated heterocycles. The Morgan fingerprint density at radius 1 is 1.14 bits per heavy atom. The average Bonchev–Trinajstić information content (AvgIpc) is 2.49. The van der Waals surface area contributed by atoms with Gasteiger partial charge < -0.3 is 14.8 Å². The lowest BCUT2D eigenvalue weighted by Gasteiger charge is -2.14. The zero-order chi connectivity index (χ0) is 15.5. The summed E-state index contributed by atoms with van der Waals surface area (Å²) in [5.74, 6) is 1.83. The number of rotatable bonds is 10. The number of benzene rings is 1. The molecule has 0 aliphatic carbocycles. The highest BCUT2D eigenvalue weighted by molar-refractivity contribution is 6.18. The predicted octanol–water partition coefficient (Wildman–Crippen LogP) is 4.22. The van der Waals surface area contributed by atoms with E-state index >= 15 is 0 Å². The Kier molecular flexibility index (Phi) is 8.67. The maximum Gasteiger partial charge on any atom is 0.224 e. The van der Waals surface area contributed by atoms with Crippen molar-refractivity contribution in [3.63, 3.8) is 0 Å². The quantitative estimate of drug-likeness (QED) is 0.658. The summed E-state index contributed by atoms with van der Waals surface area (Å²) >= 11 is 5.58. The van der Waals surface area contributed by atoms with Crippen molar-refractivity contribution in [2.24, 2.45) is 0 Å². The van der Waals surface area contributed by atoms with E-state index in [9.17, 15) is 4.79 Å². The van der Waals surface area contributed by atoms with Gasteiger partial charge in [0.2, 0.25) is 5.91 Å². The minimum absolute atomic E-state index is 0.0423. The first-order valence-corrected chi connectivity index (χ1v) is 8.00. The molecular weight excluding hydrogens is 290 g/mol. The third kappa shape index (κ3) is 6.71. The molecule has 1 N–H and O–H groups in total. The first kappa shape index (κ1) is 17.6. The van der Waals surface area contributed by atoms with E-state index < -0.39 is 0 Å². The van der Waals surface area contributed by atoms with Crippen molar-refractivity contribution in [3.05, 3.63) is 18.2 Å². The summed E-state index contributed by atoms with van der Waals surface area (Å²) in [6, 6.07) is 5.46. The monoisotopic (exact) mass is 313 g/mol. The Morgan fingerprint density at radius 3 is 2.43 bits per heavy atom. The minimum atomic E-state index is -0.0423. The molecule has 0 fully saturated rings. The third-order valence-corrected chi connectivity index (χ3v) is 2.96. The second-order valence-electron chi connectivity index (χ2n) is 4.70. The molecular formula is C16H24ClNO3. The van der Waals surface area contributed by atoms with Gasteiger partial charge in [0.25, 0.3) is 0 Å². The van der Waals surface area contributed by atoms with Crippen LogP contribution in [-0.4, -0.2) is 25.0 Å². The largest absolute Gasteiger partial charge is 0.490 e. The molecule has 1 aromatic carbocycles. The highest BCUT2D eigenvalue weighted by atomic mass is 35.5. The minimum Gasteiger partial charge on any atom is -0.490 e. The van der Waals surface area contributed by atoms with Gasteiger partial charge >= 0.3 is 0 Å². The van der Waals surface area contributed by atoms with E-state index in [-0.39, 0.29) is 5.91 Å². The fraction of sp³-hybridized carbons (Fsp3) is 0.562. The van der Waals surface area contributed by atoms with Crippen LogP contribution in [0.25, 0.3) is 0 Å². The van der Waals surface area contributed by atoms with Crippen molar-refractivity contribution in [3.8, 4) is 11.5 Å². The summed E-state index contributed by atoms with van der Waals surface area (Å²) in [5, 5.41) is 2.84. The van der Waals surface area contributed by atoms with Crippen LogP contribution in [0.4, 0.5) is 5.69 Å². The fourth-order valence-electron chi connectivity index (χ4n) is 1.69. The van der Waals surface area contributed by atoms with Crippen LogP contribution in [0.2, 0.25) is 0 Å². The molecule has 0 spiro atoms. The lowest BCUT2D eigenvalue weighted by Crippen LogP contribution is -2.11. The second-order valence-corrected chi connectivity index (χ2v) is 5.08. The molecule has 1 aromatic rings. The van der Waals surface area contributed by atoms with Gasteiger partial charge in [-0.15, -0.1) is 11.6 Å². The number of hydrogen-bond donors (Lipinski definition) is 1. The molecule has 0 aliphatic heterocycles. The number of carbonyl (C=O) groups is 1. The van der Waals surface area contributed by atoms with E-state index in [0.717, 1.165) is 12.8 Å². The molecule has 5 heteroatoms. The molecule has 4 nitrogen and oxygen atoms in total. The molecule has 0 unspecified atom stereocenters. The van der Waals surface area contributed by atoms with E-state index in [2.05, 4.69) is 12.2 Å². The van der Waals surface area contributed by atoms with Gasteiger partial charge in [0.15, 0.2) is 11.5 Å². The summed E-state index contributed by atoms with van der Waals surface area (Å²) in [6.45, 7) is 5.36. The molecule has 1 rings (SSSR count). The Balaban J connectivity index is 2.74. The zero-order valence-corrected chi connectivity index (χ0v) is 13.5. The Bertz CT molecular complexity index is 438. The van der Waals surface area contributed by atoms with E-state index in [1.54, 1.807) is 6.07 Å². The first-order valence-electron chi connectivity index (χ1n) is 7.46. The van der Waals surface area contributed by atoms with Gasteiger partial charge in [-0.25, -0.2) is 0 Å². The number of nitrogens with one attached hydrogen (secondary N) is 1.